The molecule has 0 aromatic heterocycles. The molecule has 0 aliphatic carbocycles. The summed E-state index contributed by atoms with van der Waals surface area (Å²) >= 11 is 0. The molecule has 4 heteroatoms. The number of carbonyl (C=O) groups excluding carboxylic acids is 1. The van der Waals surface area contributed by atoms with E-state index >= 15 is 0 Å². The second-order valence-corrected chi connectivity index (χ2v) is 4.76. The van der Waals surface area contributed by atoms with Gasteiger partial charge < -0.3 is 15.4 Å². The van der Waals surface area contributed by atoms with Crippen LogP contribution < -0.4 is 15.4 Å². The number of benzene rings is 1. The average Bonchev–Trinajstić information content (AvgIpc) is 2.35. The number of likely N-dealkylation sites (N-methyl/N-ethyl adjacent to an activating group) is 1. The maximum absolute atomic E-state index is 11.5. The van der Waals surface area contributed by atoms with Gasteiger partial charge in [-0.3, -0.25) is 4.79 Å². The van der Waals surface area contributed by atoms with E-state index in [1.807, 2.05) is 27.0 Å². The summed E-state index contributed by atoms with van der Waals surface area (Å²) < 4.78 is 5.70. The quantitative estimate of drug-likeness (QED) is 0.737. The summed E-state index contributed by atoms with van der Waals surface area (Å²) in [6.07, 6.45) is 0.385. The average molecular weight is 264 g/mol. The van der Waals surface area contributed by atoms with Crippen LogP contribution in [-0.2, 0) is 4.79 Å². The van der Waals surface area contributed by atoms with Crippen LogP contribution in [0, 0.1) is 20.8 Å². The van der Waals surface area contributed by atoms with Gasteiger partial charge >= 0.3 is 0 Å². The van der Waals surface area contributed by atoms with Gasteiger partial charge in [0.15, 0.2) is 0 Å². The second-order valence-electron chi connectivity index (χ2n) is 4.76. The standard InChI is InChI=1S/C15H24N2O2/c1-11-9-12(2)13(3)14(10-11)19-8-5-15(18)17-7-6-16-4/h9-10,16H,5-8H2,1-4H3,(H,17,18). The molecule has 2 N–H and O–H groups in total. The molecule has 0 heterocycles. The van der Waals surface area contributed by atoms with Crippen LogP contribution in [0.5, 0.6) is 5.75 Å². The van der Waals surface area contributed by atoms with Crippen molar-refractivity contribution < 1.29 is 9.53 Å². The molecule has 0 bridgehead atoms. The molecule has 19 heavy (non-hydrogen) atoms. The molecule has 106 valence electrons. The first kappa shape index (κ1) is 15.5. The summed E-state index contributed by atoms with van der Waals surface area (Å²) in [6.45, 7) is 8.00. The molecule has 1 aromatic carbocycles. The first-order valence-electron chi connectivity index (χ1n) is 6.66. The highest BCUT2D eigenvalue weighted by atomic mass is 16.5. The Bertz CT molecular complexity index is 430. The number of ether oxygens (including phenoxy) is 1. The lowest BCUT2D eigenvalue weighted by Gasteiger charge is -2.12. The molecule has 0 aliphatic rings. The van der Waals surface area contributed by atoms with Crippen LogP contribution >= 0.6 is 0 Å². The first-order chi connectivity index (χ1) is 9.04. The Kier molecular flexibility index (Phi) is 6.36. The number of nitrogens with one attached hydrogen (secondary N) is 2. The van der Waals surface area contributed by atoms with E-state index in [4.69, 9.17) is 4.74 Å². The van der Waals surface area contributed by atoms with Crippen molar-refractivity contribution in [2.24, 2.45) is 0 Å². The number of rotatable bonds is 7. The van der Waals surface area contributed by atoms with Gasteiger partial charge in [0.05, 0.1) is 13.0 Å². The van der Waals surface area contributed by atoms with E-state index in [2.05, 4.69) is 23.6 Å². The lowest BCUT2D eigenvalue weighted by atomic mass is 10.1. The van der Waals surface area contributed by atoms with Crippen molar-refractivity contribution >= 4 is 5.91 Å². The molecular formula is C15H24N2O2. The van der Waals surface area contributed by atoms with Crippen molar-refractivity contribution in [2.45, 2.75) is 27.2 Å². The monoisotopic (exact) mass is 264 g/mol. The SMILES string of the molecule is CNCCNC(=O)CCOc1cc(C)cc(C)c1C. The molecule has 0 saturated heterocycles. The second kappa shape index (κ2) is 7.79. The molecule has 0 fully saturated rings. The fourth-order valence-corrected chi connectivity index (χ4v) is 1.82. The minimum absolute atomic E-state index is 0.0253. The summed E-state index contributed by atoms with van der Waals surface area (Å²) in [4.78, 5) is 11.5. The van der Waals surface area contributed by atoms with E-state index in [9.17, 15) is 4.79 Å². The molecule has 4 nitrogen and oxygen atoms in total. The molecule has 0 saturated carbocycles. The van der Waals surface area contributed by atoms with Crippen molar-refractivity contribution in [1.29, 1.82) is 0 Å². The third-order valence-electron chi connectivity index (χ3n) is 3.05. The minimum Gasteiger partial charge on any atom is -0.493 e. The van der Waals surface area contributed by atoms with Gasteiger partial charge in [0.2, 0.25) is 5.91 Å². The highest BCUT2D eigenvalue weighted by Crippen LogP contribution is 2.23. The molecule has 0 atom stereocenters. The maximum atomic E-state index is 11.5. The van der Waals surface area contributed by atoms with Crippen LogP contribution in [0.4, 0.5) is 0 Å². The lowest BCUT2D eigenvalue weighted by molar-refractivity contribution is -0.121. The summed E-state index contributed by atoms with van der Waals surface area (Å²) in [7, 11) is 1.86. The van der Waals surface area contributed by atoms with Gasteiger partial charge in [-0.15, -0.1) is 0 Å². The summed E-state index contributed by atoms with van der Waals surface area (Å²) in [5.41, 5.74) is 3.53. The van der Waals surface area contributed by atoms with Crippen LogP contribution in [0.25, 0.3) is 0 Å². The molecular weight excluding hydrogens is 240 g/mol. The molecule has 0 radical (unpaired) electrons. The Balaban J connectivity index is 2.39. The molecule has 0 unspecified atom stereocenters. The van der Waals surface area contributed by atoms with Gasteiger partial charge in [-0.05, 0) is 50.6 Å². The molecule has 1 aromatic rings. The Labute approximate surface area is 115 Å². The number of hydrogen-bond acceptors (Lipinski definition) is 3. The number of aryl methyl sites for hydroxylation is 2. The fourth-order valence-electron chi connectivity index (χ4n) is 1.82. The highest BCUT2D eigenvalue weighted by Gasteiger charge is 2.05. The van der Waals surface area contributed by atoms with Crippen molar-refractivity contribution in [2.75, 3.05) is 26.7 Å². The van der Waals surface area contributed by atoms with Gasteiger partial charge in [0.25, 0.3) is 0 Å². The molecule has 0 aliphatic heterocycles. The minimum atomic E-state index is 0.0253. The first-order valence-corrected chi connectivity index (χ1v) is 6.66. The summed E-state index contributed by atoms with van der Waals surface area (Å²) in [5.74, 6) is 0.901. The maximum Gasteiger partial charge on any atom is 0.223 e. The van der Waals surface area contributed by atoms with Crippen molar-refractivity contribution in [3.8, 4) is 5.75 Å². The van der Waals surface area contributed by atoms with Gasteiger partial charge in [-0.2, -0.15) is 0 Å². The fraction of sp³-hybridized carbons (Fsp3) is 0.533. The van der Waals surface area contributed by atoms with E-state index in [0.717, 1.165) is 17.9 Å². The zero-order valence-corrected chi connectivity index (χ0v) is 12.3. The van der Waals surface area contributed by atoms with Crippen LogP contribution in [0.2, 0.25) is 0 Å². The Hall–Kier alpha value is -1.55. The highest BCUT2D eigenvalue weighted by molar-refractivity contribution is 5.75. The van der Waals surface area contributed by atoms with Crippen molar-refractivity contribution in [1.82, 2.24) is 10.6 Å². The predicted octanol–water partition coefficient (Wildman–Crippen LogP) is 1.72. The molecule has 1 amide bonds. The zero-order chi connectivity index (χ0) is 14.3. The number of hydrogen-bond donors (Lipinski definition) is 2. The number of carbonyl (C=O) groups is 1. The summed E-state index contributed by atoms with van der Waals surface area (Å²) in [5, 5.41) is 5.80. The topological polar surface area (TPSA) is 50.4 Å². The third-order valence-corrected chi connectivity index (χ3v) is 3.05. The van der Waals surface area contributed by atoms with E-state index in [0.29, 0.717) is 19.6 Å². The van der Waals surface area contributed by atoms with Crippen LogP contribution in [0.3, 0.4) is 0 Å². The lowest BCUT2D eigenvalue weighted by Crippen LogP contribution is -2.31. The van der Waals surface area contributed by atoms with Gasteiger partial charge in [0, 0.05) is 13.1 Å². The normalized spacial score (nSPS) is 10.3. The Morgan fingerprint density at radius 2 is 1.95 bits per heavy atom. The van der Waals surface area contributed by atoms with E-state index in [1.54, 1.807) is 0 Å². The van der Waals surface area contributed by atoms with Gasteiger partial charge in [-0.1, -0.05) is 6.07 Å². The predicted molar refractivity (Wildman–Crippen MR) is 77.7 cm³/mol. The van der Waals surface area contributed by atoms with Crippen LogP contribution in [-0.4, -0.2) is 32.7 Å². The van der Waals surface area contributed by atoms with Gasteiger partial charge in [-0.25, -0.2) is 0 Å². The van der Waals surface area contributed by atoms with Crippen molar-refractivity contribution in [3.63, 3.8) is 0 Å². The zero-order valence-electron chi connectivity index (χ0n) is 12.3. The van der Waals surface area contributed by atoms with Crippen molar-refractivity contribution in [3.05, 3.63) is 28.8 Å². The Morgan fingerprint density at radius 3 is 2.63 bits per heavy atom. The molecule has 0 spiro atoms. The van der Waals surface area contributed by atoms with Crippen LogP contribution in [0.15, 0.2) is 12.1 Å². The van der Waals surface area contributed by atoms with E-state index in [1.165, 1.54) is 11.1 Å². The van der Waals surface area contributed by atoms with Crippen LogP contribution in [0.1, 0.15) is 23.1 Å². The largest absolute Gasteiger partial charge is 0.493 e. The van der Waals surface area contributed by atoms with E-state index in [-0.39, 0.29) is 5.91 Å². The smallest absolute Gasteiger partial charge is 0.223 e. The van der Waals surface area contributed by atoms with E-state index < -0.39 is 0 Å². The third kappa shape index (κ3) is 5.30. The number of amides is 1. The summed E-state index contributed by atoms with van der Waals surface area (Å²) in [6, 6.07) is 4.15. The Morgan fingerprint density at radius 1 is 1.21 bits per heavy atom. The molecule has 1 rings (SSSR count). The van der Waals surface area contributed by atoms with Gasteiger partial charge in [0.1, 0.15) is 5.75 Å².